The molecule has 2 aromatic heterocycles. The average Bonchev–Trinajstić information content (AvgIpc) is 3.04. The number of benzene rings is 1. The van der Waals surface area contributed by atoms with E-state index in [0.717, 1.165) is 36.1 Å². The predicted octanol–water partition coefficient (Wildman–Crippen LogP) is 4.55. The molecule has 29 heavy (non-hydrogen) atoms. The van der Waals surface area contributed by atoms with E-state index in [1.165, 1.54) is 17.4 Å². The van der Waals surface area contributed by atoms with Crippen molar-refractivity contribution < 1.29 is 18.7 Å². The summed E-state index contributed by atoms with van der Waals surface area (Å²) in [5, 5.41) is 3.85. The standard InChI is InChI=1S/C22H21NO5S/c1-12(2)27-22(26)18-14-8-4-6-10-17(14)29-20(18)23-19(24)15-11-13-7-3-5-9-16(13)28-21(15)25/h3,5,7,9,11-12H,4,6,8,10H2,1-2H3,(H,23,24). The topological polar surface area (TPSA) is 85.6 Å². The fraction of sp³-hybridized carbons (Fsp3) is 0.318. The second-order valence-electron chi connectivity index (χ2n) is 7.31. The molecule has 1 aromatic carbocycles. The Bertz CT molecular complexity index is 1160. The van der Waals surface area contributed by atoms with Crippen molar-refractivity contribution in [3.63, 3.8) is 0 Å². The first-order valence-electron chi connectivity index (χ1n) is 9.64. The van der Waals surface area contributed by atoms with Gasteiger partial charge >= 0.3 is 11.6 Å². The Morgan fingerprint density at radius 3 is 2.72 bits per heavy atom. The molecule has 0 aliphatic heterocycles. The molecule has 0 saturated carbocycles. The number of hydrogen-bond acceptors (Lipinski definition) is 6. The second kappa shape index (κ2) is 7.83. The number of amides is 1. The lowest BCUT2D eigenvalue weighted by Crippen LogP contribution is -2.22. The number of carbonyl (C=O) groups excluding carboxylic acids is 2. The van der Waals surface area contributed by atoms with E-state index in [0.29, 0.717) is 21.5 Å². The fourth-order valence-corrected chi connectivity index (χ4v) is 4.81. The Morgan fingerprint density at radius 1 is 1.17 bits per heavy atom. The van der Waals surface area contributed by atoms with E-state index in [1.807, 2.05) is 0 Å². The lowest BCUT2D eigenvalue weighted by Gasteiger charge is -2.14. The van der Waals surface area contributed by atoms with Crippen LogP contribution in [0.25, 0.3) is 11.0 Å². The molecular formula is C22H21NO5S. The van der Waals surface area contributed by atoms with Gasteiger partial charge in [0.15, 0.2) is 0 Å². The molecule has 4 rings (SSSR count). The molecule has 0 unspecified atom stereocenters. The number of fused-ring (bicyclic) bond motifs is 2. The van der Waals surface area contributed by atoms with Crippen LogP contribution in [0.3, 0.4) is 0 Å². The van der Waals surface area contributed by atoms with Crippen molar-refractivity contribution in [2.45, 2.75) is 45.6 Å². The van der Waals surface area contributed by atoms with Crippen LogP contribution in [0, 0.1) is 0 Å². The monoisotopic (exact) mass is 411 g/mol. The smallest absolute Gasteiger partial charge is 0.349 e. The van der Waals surface area contributed by atoms with Crippen molar-refractivity contribution in [1.82, 2.24) is 0 Å². The van der Waals surface area contributed by atoms with Crippen molar-refractivity contribution in [1.29, 1.82) is 0 Å². The zero-order chi connectivity index (χ0) is 20.5. The molecule has 0 radical (unpaired) electrons. The molecule has 1 aliphatic carbocycles. The van der Waals surface area contributed by atoms with E-state index in [4.69, 9.17) is 9.15 Å². The minimum absolute atomic E-state index is 0.0988. The summed E-state index contributed by atoms with van der Waals surface area (Å²) < 4.78 is 10.7. The van der Waals surface area contributed by atoms with Crippen LogP contribution in [0.1, 0.15) is 57.8 Å². The van der Waals surface area contributed by atoms with Crippen LogP contribution in [0.2, 0.25) is 0 Å². The van der Waals surface area contributed by atoms with Crippen molar-refractivity contribution in [2.75, 3.05) is 5.32 Å². The summed E-state index contributed by atoms with van der Waals surface area (Å²) in [6.45, 7) is 3.57. The van der Waals surface area contributed by atoms with Gasteiger partial charge in [-0.25, -0.2) is 9.59 Å². The zero-order valence-electron chi connectivity index (χ0n) is 16.2. The molecule has 0 fully saturated rings. The lowest BCUT2D eigenvalue weighted by molar-refractivity contribution is 0.0378. The van der Waals surface area contributed by atoms with E-state index in [2.05, 4.69) is 5.32 Å². The summed E-state index contributed by atoms with van der Waals surface area (Å²) in [6, 6.07) is 8.51. The summed E-state index contributed by atoms with van der Waals surface area (Å²) in [7, 11) is 0. The van der Waals surface area contributed by atoms with E-state index < -0.39 is 17.5 Å². The van der Waals surface area contributed by atoms with Gasteiger partial charge in [0.2, 0.25) is 0 Å². The van der Waals surface area contributed by atoms with Gasteiger partial charge in [-0.3, -0.25) is 4.79 Å². The maximum atomic E-state index is 12.9. The van der Waals surface area contributed by atoms with E-state index >= 15 is 0 Å². The fourth-order valence-electron chi connectivity index (χ4n) is 3.53. The van der Waals surface area contributed by atoms with Gasteiger partial charge in [0.05, 0.1) is 11.7 Å². The van der Waals surface area contributed by atoms with Crippen LogP contribution in [0.15, 0.2) is 39.5 Å². The molecule has 0 spiro atoms. The third-order valence-electron chi connectivity index (χ3n) is 4.83. The van der Waals surface area contributed by atoms with Gasteiger partial charge in [-0.1, -0.05) is 18.2 Å². The quantitative estimate of drug-likeness (QED) is 0.503. The van der Waals surface area contributed by atoms with Crippen LogP contribution in [0.4, 0.5) is 5.00 Å². The Kier molecular flexibility index (Phi) is 5.24. The van der Waals surface area contributed by atoms with Crippen LogP contribution >= 0.6 is 11.3 Å². The van der Waals surface area contributed by atoms with Gasteiger partial charge in [-0.2, -0.15) is 0 Å². The number of hydrogen-bond donors (Lipinski definition) is 1. The van der Waals surface area contributed by atoms with Crippen LogP contribution < -0.4 is 10.9 Å². The van der Waals surface area contributed by atoms with E-state index in [9.17, 15) is 14.4 Å². The number of nitrogens with one attached hydrogen (secondary N) is 1. The predicted molar refractivity (Wildman–Crippen MR) is 112 cm³/mol. The summed E-state index contributed by atoms with van der Waals surface area (Å²) in [5.41, 5.74) is 0.971. The van der Waals surface area contributed by atoms with Crippen molar-refractivity contribution in [3.05, 3.63) is 62.3 Å². The first kappa shape index (κ1) is 19.4. The summed E-state index contributed by atoms with van der Waals surface area (Å²) >= 11 is 1.38. The van der Waals surface area contributed by atoms with Crippen molar-refractivity contribution in [2.24, 2.45) is 0 Å². The highest BCUT2D eigenvalue weighted by Gasteiger charge is 2.28. The van der Waals surface area contributed by atoms with Gasteiger partial charge in [0.25, 0.3) is 5.91 Å². The first-order chi connectivity index (χ1) is 13.9. The molecule has 150 valence electrons. The number of esters is 1. The number of para-hydroxylation sites is 1. The molecule has 0 atom stereocenters. The van der Waals surface area contributed by atoms with Gasteiger partial charge in [-0.05, 0) is 57.2 Å². The van der Waals surface area contributed by atoms with Crippen LogP contribution in [0.5, 0.6) is 0 Å². The Balaban J connectivity index is 1.71. The van der Waals surface area contributed by atoms with Crippen LogP contribution in [-0.4, -0.2) is 18.0 Å². The number of rotatable bonds is 4. The number of anilines is 1. The van der Waals surface area contributed by atoms with Gasteiger partial charge < -0.3 is 14.5 Å². The maximum absolute atomic E-state index is 12.9. The molecule has 0 bridgehead atoms. The number of carbonyl (C=O) groups is 2. The third-order valence-corrected chi connectivity index (χ3v) is 6.04. The highest BCUT2D eigenvalue weighted by molar-refractivity contribution is 7.17. The number of thiophene rings is 1. The molecule has 6 nitrogen and oxygen atoms in total. The Hall–Kier alpha value is -2.93. The second-order valence-corrected chi connectivity index (χ2v) is 8.41. The Morgan fingerprint density at radius 2 is 1.93 bits per heavy atom. The highest BCUT2D eigenvalue weighted by Crippen LogP contribution is 2.39. The largest absolute Gasteiger partial charge is 0.459 e. The van der Waals surface area contributed by atoms with Gasteiger partial charge in [0.1, 0.15) is 16.1 Å². The molecule has 1 N–H and O–H groups in total. The third kappa shape index (κ3) is 3.82. The summed E-state index contributed by atoms with van der Waals surface area (Å²) in [6.07, 6.45) is 3.43. The van der Waals surface area contributed by atoms with Crippen molar-refractivity contribution in [3.8, 4) is 0 Å². The van der Waals surface area contributed by atoms with E-state index in [-0.39, 0.29) is 11.7 Å². The molecular weight excluding hydrogens is 390 g/mol. The van der Waals surface area contributed by atoms with Gasteiger partial charge in [-0.15, -0.1) is 11.3 Å². The van der Waals surface area contributed by atoms with Gasteiger partial charge in [0, 0.05) is 10.3 Å². The molecule has 7 heteroatoms. The summed E-state index contributed by atoms with van der Waals surface area (Å²) in [5.74, 6) is -1.04. The molecule has 0 saturated heterocycles. The lowest BCUT2D eigenvalue weighted by atomic mass is 9.95. The highest BCUT2D eigenvalue weighted by atomic mass is 32.1. The van der Waals surface area contributed by atoms with E-state index in [1.54, 1.807) is 38.1 Å². The molecule has 3 aromatic rings. The zero-order valence-corrected chi connectivity index (χ0v) is 17.1. The normalized spacial score (nSPS) is 13.3. The first-order valence-corrected chi connectivity index (χ1v) is 10.5. The minimum Gasteiger partial charge on any atom is -0.459 e. The average molecular weight is 411 g/mol. The SMILES string of the molecule is CC(C)OC(=O)c1c(NC(=O)c2cc3ccccc3oc2=O)sc2c1CCCC2. The molecule has 1 amide bonds. The number of ether oxygens (including phenoxy) is 1. The number of aryl methyl sites for hydroxylation is 1. The van der Waals surface area contributed by atoms with Crippen molar-refractivity contribution >= 4 is 39.2 Å². The minimum atomic E-state index is -0.714. The maximum Gasteiger partial charge on any atom is 0.349 e. The Labute approximate surface area is 171 Å². The molecule has 2 heterocycles. The van der Waals surface area contributed by atoms with Crippen LogP contribution in [-0.2, 0) is 17.6 Å². The molecule has 1 aliphatic rings. The summed E-state index contributed by atoms with van der Waals surface area (Å²) in [4.78, 5) is 39.0.